The van der Waals surface area contributed by atoms with Gasteiger partial charge in [-0.05, 0) is 17.7 Å². The van der Waals surface area contributed by atoms with Crippen LogP contribution in [0.1, 0.15) is 12.0 Å². The number of hydrogen-bond donors (Lipinski definition) is 1. The van der Waals surface area contributed by atoms with Crippen LogP contribution in [-0.2, 0) is 30.4 Å². The molecule has 208 valence electrons. The van der Waals surface area contributed by atoms with Crippen LogP contribution in [0.3, 0.4) is 0 Å². The lowest BCUT2D eigenvalue weighted by molar-refractivity contribution is -0.131. The number of thioether (sulfide) groups is 1. The lowest BCUT2D eigenvalue weighted by Gasteiger charge is -2.28. The van der Waals surface area contributed by atoms with E-state index in [-0.39, 0.29) is 25.5 Å². The van der Waals surface area contributed by atoms with Crippen molar-refractivity contribution in [1.29, 1.82) is 0 Å². The SMILES string of the molecule is COC(OC/C=C/[C@H](NC(=O)C(Cl)(Cl)Cl)[C@@H](COCc1ccccc1)CC(=O)N(C)C)Sc1ccccc1. The Labute approximate surface area is 243 Å². The first-order chi connectivity index (χ1) is 18.1. The first-order valence-corrected chi connectivity index (χ1v) is 13.8. The van der Waals surface area contributed by atoms with Gasteiger partial charge in [0.05, 0.1) is 25.9 Å². The van der Waals surface area contributed by atoms with E-state index in [4.69, 9.17) is 49.0 Å². The largest absolute Gasteiger partial charge is 0.376 e. The van der Waals surface area contributed by atoms with Crippen molar-refractivity contribution in [3.05, 3.63) is 78.4 Å². The fourth-order valence-electron chi connectivity index (χ4n) is 3.25. The van der Waals surface area contributed by atoms with Gasteiger partial charge in [-0.2, -0.15) is 0 Å². The Kier molecular flexibility index (Phi) is 14.5. The molecule has 2 aromatic rings. The Morgan fingerprint density at radius 1 is 1.05 bits per heavy atom. The van der Waals surface area contributed by atoms with Gasteiger partial charge >= 0.3 is 0 Å². The van der Waals surface area contributed by atoms with E-state index in [0.717, 1.165) is 10.5 Å². The Morgan fingerprint density at radius 3 is 2.26 bits per heavy atom. The number of ether oxygens (including phenoxy) is 3. The minimum Gasteiger partial charge on any atom is -0.376 e. The second-order valence-corrected chi connectivity index (χ2v) is 11.8. The molecule has 11 heteroatoms. The van der Waals surface area contributed by atoms with Crippen molar-refractivity contribution in [3.8, 4) is 0 Å². The smallest absolute Gasteiger partial charge is 0.272 e. The molecule has 3 atom stereocenters. The van der Waals surface area contributed by atoms with Crippen molar-refractivity contribution >= 4 is 58.4 Å². The minimum atomic E-state index is -2.17. The molecule has 0 heterocycles. The maximum atomic E-state index is 12.6. The molecule has 1 unspecified atom stereocenters. The molecule has 0 aliphatic heterocycles. The van der Waals surface area contributed by atoms with Gasteiger partial charge in [-0.25, -0.2) is 0 Å². The van der Waals surface area contributed by atoms with Crippen LogP contribution in [0.2, 0.25) is 0 Å². The summed E-state index contributed by atoms with van der Waals surface area (Å²) in [5.74, 6) is -1.38. The second-order valence-electron chi connectivity index (χ2n) is 8.47. The summed E-state index contributed by atoms with van der Waals surface area (Å²) in [6.45, 7) is 0.699. The van der Waals surface area contributed by atoms with Crippen molar-refractivity contribution < 1.29 is 23.8 Å². The molecule has 0 bridgehead atoms. The van der Waals surface area contributed by atoms with Gasteiger partial charge in [0.2, 0.25) is 11.5 Å². The summed E-state index contributed by atoms with van der Waals surface area (Å²) in [5, 5.41) is 2.73. The third-order valence-electron chi connectivity index (χ3n) is 5.28. The summed E-state index contributed by atoms with van der Waals surface area (Å²) >= 11 is 18.9. The minimum absolute atomic E-state index is 0.0995. The molecule has 0 saturated heterocycles. The third-order valence-corrected chi connectivity index (χ3v) is 6.86. The van der Waals surface area contributed by atoms with Crippen LogP contribution in [0, 0.1) is 5.92 Å². The van der Waals surface area contributed by atoms with E-state index < -0.39 is 27.3 Å². The molecule has 0 saturated carbocycles. The van der Waals surface area contributed by atoms with Crippen LogP contribution in [-0.4, -0.2) is 66.6 Å². The Bertz CT molecular complexity index is 1010. The van der Waals surface area contributed by atoms with E-state index in [0.29, 0.717) is 6.61 Å². The lowest BCUT2D eigenvalue weighted by Crippen LogP contribution is -2.46. The number of hydrogen-bond acceptors (Lipinski definition) is 6. The summed E-state index contributed by atoms with van der Waals surface area (Å²) in [6.07, 6.45) is 3.54. The zero-order chi connectivity index (χ0) is 28.0. The monoisotopic (exact) mass is 602 g/mol. The fourth-order valence-corrected chi connectivity index (χ4v) is 4.19. The van der Waals surface area contributed by atoms with E-state index in [2.05, 4.69) is 5.32 Å². The van der Waals surface area contributed by atoms with Gasteiger partial charge < -0.3 is 24.4 Å². The van der Waals surface area contributed by atoms with Crippen molar-refractivity contribution in [3.63, 3.8) is 0 Å². The maximum Gasteiger partial charge on any atom is 0.272 e. The Hall–Kier alpha value is -1.78. The predicted octanol–water partition coefficient (Wildman–Crippen LogP) is 5.45. The number of nitrogens with zero attached hydrogens (tertiary/aromatic N) is 1. The van der Waals surface area contributed by atoms with Gasteiger partial charge in [-0.1, -0.05) is 107 Å². The lowest BCUT2D eigenvalue weighted by atomic mass is 9.95. The summed E-state index contributed by atoms with van der Waals surface area (Å²) in [7, 11) is 4.89. The zero-order valence-electron chi connectivity index (χ0n) is 21.5. The molecular formula is C27H33Cl3N2O5S. The number of carbonyl (C=O) groups excluding carboxylic acids is 2. The van der Waals surface area contributed by atoms with Crippen molar-refractivity contribution in [2.45, 2.75) is 33.4 Å². The van der Waals surface area contributed by atoms with Crippen molar-refractivity contribution in [2.24, 2.45) is 5.92 Å². The third kappa shape index (κ3) is 12.4. The molecule has 2 amide bonds. The molecule has 38 heavy (non-hydrogen) atoms. The summed E-state index contributed by atoms with van der Waals surface area (Å²) in [5.41, 5.74) is 0.439. The van der Waals surface area contributed by atoms with Gasteiger partial charge in [0.1, 0.15) is 0 Å². The zero-order valence-corrected chi connectivity index (χ0v) is 24.6. The van der Waals surface area contributed by atoms with E-state index in [9.17, 15) is 9.59 Å². The molecule has 0 fully saturated rings. The topological polar surface area (TPSA) is 77.1 Å². The molecule has 0 aliphatic carbocycles. The number of rotatable bonds is 15. The highest BCUT2D eigenvalue weighted by Gasteiger charge is 2.34. The molecule has 0 radical (unpaired) electrons. The average molecular weight is 604 g/mol. The fraction of sp³-hybridized carbons (Fsp3) is 0.407. The molecule has 2 aromatic carbocycles. The van der Waals surface area contributed by atoms with Crippen LogP contribution >= 0.6 is 46.6 Å². The summed E-state index contributed by atoms with van der Waals surface area (Å²) in [4.78, 5) is 27.6. The molecular weight excluding hydrogens is 571 g/mol. The molecule has 7 nitrogen and oxygen atoms in total. The van der Waals surface area contributed by atoms with Crippen molar-refractivity contribution in [1.82, 2.24) is 10.2 Å². The van der Waals surface area contributed by atoms with Crippen LogP contribution in [0.25, 0.3) is 0 Å². The number of amides is 2. The number of halogens is 3. The van der Waals surface area contributed by atoms with E-state index in [1.807, 2.05) is 60.7 Å². The standard InChI is InChI=1S/C27H33Cl3N2O5S/c1-32(2)24(33)17-21(19-36-18-20-11-6-4-7-12-20)23(31-25(34)27(28,29)30)15-10-16-37-26(35-3)38-22-13-8-5-9-14-22/h4-15,21,23,26H,16-19H2,1-3H3,(H,31,34)/b15-10+/t21-,23+,26?/m1/s1. The molecule has 0 spiro atoms. The number of benzene rings is 2. The Morgan fingerprint density at radius 2 is 1.68 bits per heavy atom. The van der Waals surface area contributed by atoms with Crippen LogP contribution in [0.5, 0.6) is 0 Å². The second kappa shape index (κ2) is 17.0. The molecule has 0 aromatic heterocycles. The number of nitrogens with one attached hydrogen (secondary N) is 1. The predicted molar refractivity (Wildman–Crippen MR) is 153 cm³/mol. The highest BCUT2D eigenvalue weighted by atomic mass is 35.6. The van der Waals surface area contributed by atoms with E-state index in [1.54, 1.807) is 33.4 Å². The molecule has 0 aliphatic rings. The average Bonchev–Trinajstić information content (AvgIpc) is 2.89. The highest BCUT2D eigenvalue weighted by Crippen LogP contribution is 2.27. The van der Waals surface area contributed by atoms with Crippen LogP contribution < -0.4 is 5.32 Å². The van der Waals surface area contributed by atoms with Crippen LogP contribution in [0.15, 0.2) is 77.7 Å². The van der Waals surface area contributed by atoms with Gasteiger partial charge in [0, 0.05) is 38.4 Å². The number of alkyl halides is 3. The number of methoxy groups -OCH3 is 1. The normalized spacial score (nSPS) is 14.2. The van der Waals surface area contributed by atoms with Crippen LogP contribution in [0.4, 0.5) is 0 Å². The van der Waals surface area contributed by atoms with E-state index in [1.165, 1.54) is 16.7 Å². The summed E-state index contributed by atoms with van der Waals surface area (Å²) < 4.78 is 15.0. The first kappa shape index (κ1) is 32.4. The van der Waals surface area contributed by atoms with E-state index >= 15 is 0 Å². The highest BCUT2D eigenvalue weighted by molar-refractivity contribution is 7.99. The van der Waals surface area contributed by atoms with Crippen molar-refractivity contribution in [2.75, 3.05) is 34.4 Å². The number of carbonyl (C=O) groups is 2. The summed E-state index contributed by atoms with van der Waals surface area (Å²) in [6, 6.07) is 18.7. The first-order valence-electron chi connectivity index (χ1n) is 11.8. The van der Waals surface area contributed by atoms with Gasteiger partial charge in [0.15, 0.2) is 0 Å². The quantitative estimate of drug-likeness (QED) is 0.126. The maximum absolute atomic E-state index is 12.6. The molecule has 1 N–H and O–H groups in total. The molecule has 2 rings (SSSR count). The Balaban J connectivity index is 2.13. The van der Waals surface area contributed by atoms with Gasteiger partial charge in [0.25, 0.3) is 9.70 Å². The van der Waals surface area contributed by atoms with Gasteiger partial charge in [-0.3, -0.25) is 9.59 Å². The van der Waals surface area contributed by atoms with Gasteiger partial charge in [-0.15, -0.1) is 0 Å².